The number of nitrogens with one attached hydrogen (secondary N) is 1. The normalized spacial score (nSPS) is 17.5. The van der Waals surface area contributed by atoms with Crippen LogP contribution in [0.2, 0.25) is 0 Å². The van der Waals surface area contributed by atoms with Crippen LogP contribution in [-0.4, -0.2) is 33.4 Å². The molecule has 1 saturated carbocycles. The van der Waals surface area contributed by atoms with Gasteiger partial charge in [-0.3, -0.25) is 0 Å². The predicted octanol–water partition coefficient (Wildman–Crippen LogP) is 3.87. The molecule has 0 aromatic heterocycles. The van der Waals surface area contributed by atoms with Gasteiger partial charge in [0, 0.05) is 24.7 Å². The van der Waals surface area contributed by atoms with Gasteiger partial charge in [-0.05, 0) is 48.8 Å². The monoisotopic (exact) mass is 355 g/mol. The Morgan fingerprint density at radius 2 is 2.14 bits per heavy atom. The van der Waals surface area contributed by atoms with Gasteiger partial charge in [-0.1, -0.05) is 28.9 Å². The van der Waals surface area contributed by atoms with Crippen molar-refractivity contribution in [2.45, 2.75) is 26.2 Å². The SMILES string of the molecule is COCCNCC(C)(CCOc1cccc(Br)c1)C1CC1. The number of halogens is 1. The minimum Gasteiger partial charge on any atom is -0.494 e. The number of methoxy groups -OCH3 is 1. The average Bonchev–Trinajstić information content (AvgIpc) is 3.29. The molecule has 2 rings (SSSR count). The topological polar surface area (TPSA) is 30.5 Å². The summed E-state index contributed by atoms with van der Waals surface area (Å²) in [6.45, 7) is 5.90. The lowest BCUT2D eigenvalue weighted by molar-refractivity contribution is 0.164. The van der Waals surface area contributed by atoms with Crippen molar-refractivity contribution >= 4 is 15.9 Å². The zero-order valence-electron chi connectivity index (χ0n) is 13.0. The highest BCUT2D eigenvalue weighted by Crippen LogP contribution is 2.47. The molecule has 0 radical (unpaired) electrons. The lowest BCUT2D eigenvalue weighted by atomic mass is 9.81. The molecule has 0 amide bonds. The third-order valence-electron chi connectivity index (χ3n) is 4.31. The summed E-state index contributed by atoms with van der Waals surface area (Å²) >= 11 is 3.47. The van der Waals surface area contributed by atoms with Crippen molar-refractivity contribution in [3.05, 3.63) is 28.7 Å². The van der Waals surface area contributed by atoms with Crippen molar-refractivity contribution in [2.75, 3.05) is 33.4 Å². The van der Waals surface area contributed by atoms with E-state index in [0.717, 1.165) is 48.9 Å². The Bertz CT molecular complexity index is 437. The van der Waals surface area contributed by atoms with E-state index < -0.39 is 0 Å². The Balaban J connectivity index is 1.77. The molecule has 1 aromatic rings. The van der Waals surface area contributed by atoms with Gasteiger partial charge >= 0.3 is 0 Å². The summed E-state index contributed by atoms with van der Waals surface area (Å²) in [5, 5.41) is 3.52. The first-order valence-corrected chi connectivity index (χ1v) is 8.51. The lowest BCUT2D eigenvalue weighted by Gasteiger charge is -2.30. The minimum atomic E-state index is 0.333. The standard InChI is InChI=1S/C17H26BrNO2/c1-17(14-6-7-14,13-19-9-11-20-2)8-10-21-16-5-3-4-15(18)12-16/h3-5,12,14,19H,6-11,13H2,1-2H3. The van der Waals surface area contributed by atoms with Crippen LogP contribution in [0, 0.1) is 11.3 Å². The summed E-state index contributed by atoms with van der Waals surface area (Å²) < 4.78 is 12.1. The number of benzene rings is 1. The van der Waals surface area contributed by atoms with Gasteiger partial charge in [0.05, 0.1) is 13.2 Å². The van der Waals surface area contributed by atoms with Crippen molar-refractivity contribution in [3.63, 3.8) is 0 Å². The van der Waals surface area contributed by atoms with E-state index in [1.807, 2.05) is 24.3 Å². The Morgan fingerprint density at radius 1 is 1.33 bits per heavy atom. The molecule has 1 N–H and O–H groups in total. The first-order chi connectivity index (χ1) is 10.1. The molecule has 3 nitrogen and oxygen atoms in total. The maximum atomic E-state index is 5.91. The van der Waals surface area contributed by atoms with Crippen LogP contribution >= 0.6 is 15.9 Å². The molecule has 21 heavy (non-hydrogen) atoms. The molecule has 118 valence electrons. The molecule has 4 heteroatoms. The second-order valence-corrected chi connectivity index (χ2v) is 7.07. The number of hydrogen-bond acceptors (Lipinski definition) is 3. The van der Waals surface area contributed by atoms with Gasteiger partial charge in [-0.15, -0.1) is 0 Å². The van der Waals surface area contributed by atoms with Crippen molar-refractivity contribution in [2.24, 2.45) is 11.3 Å². The number of hydrogen-bond donors (Lipinski definition) is 1. The van der Waals surface area contributed by atoms with Crippen LogP contribution < -0.4 is 10.1 Å². The Hall–Kier alpha value is -0.580. The van der Waals surface area contributed by atoms with E-state index in [-0.39, 0.29) is 0 Å². The Labute approximate surface area is 136 Å². The summed E-state index contributed by atoms with van der Waals surface area (Å²) in [5.41, 5.74) is 0.333. The van der Waals surface area contributed by atoms with Gasteiger partial charge < -0.3 is 14.8 Å². The van der Waals surface area contributed by atoms with Gasteiger partial charge in [0.25, 0.3) is 0 Å². The van der Waals surface area contributed by atoms with E-state index in [4.69, 9.17) is 9.47 Å². The van der Waals surface area contributed by atoms with Crippen molar-refractivity contribution < 1.29 is 9.47 Å². The predicted molar refractivity (Wildman–Crippen MR) is 89.8 cm³/mol. The highest BCUT2D eigenvalue weighted by atomic mass is 79.9. The second kappa shape index (κ2) is 8.16. The van der Waals surface area contributed by atoms with E-state index >= 15 is 0 Å². The molecular formula is C17H26BrNO2. The molecule has 0 spiro atoms. The summed E-state index contributed by atoms with van der Waals surface area (Å²) in [4.78, 5) is 0. The molecule has 1 atom stereocenters. The highest BCUT2D eigenvalue weighted by molar-refractivity contribution is 9.10. The Kier molecular flexibility index (Phi) is 6.52. The van der Waals surface area contributed by atoms with Gasteiger partial charge in [-0.25, -0.2) is 0 Å². The first kappa shape index (κ1) is 16.8. The minimum absolute atomic E-state index is 0.333. The largest absolute Gasteiger partial charge is 0.494 e. The number of ether oxygens (including phenoxy) is 2. The van der Waals surface area contributed by atoms with Crippen LogP contribution in [0.3, 0.4) is 0 Å². The van der Waals surface area contributed by atoms with Crippen LogP contribution in [0.25, 0.3) is 0 Å². The van der Waals surface area contributed by atoms with E-state index in [1.165, 1.54) is 12.8 Å². The molecule has 1 unspecified atom stereocenters. The zero-order chi connectivity index (χ0) is 15.1. The molecule has 0 bridgehead atoms. The maximum Gasteiger partial charge on any atom is 0.120 e. The summed E-state index contributed by atoms with van der Waals surface area (Å²) in [6.07, 6.45) is 3.81. The fourth-order valence-electron chi connectivity index (χ4n) is 2.72. The van der Waals surface area contributed by atoms with Crippen LogP contribution in [0.1, 0.15) is 26.2 Å². The summed E-state index contributed by atoms with van der Waals surface area (Å²) in [5.74, 6) is 1.79. The van der Waals surface area contributed by atoms with Gasteiger partial charge in [0.15, 0.2) is 0 Å². The number of rotatable bonds is 10. The maximum absolute atomic E-state index is 5.91. The van der Waals surface area contributed by atoms with Gasteiger partial charge in [-0.2, -0.15) is 0 Å². The van der Waals surface area contributed by atoms with Gasteiger partial charge in [0.2, 0.25) is 0 Å². The Morgan fingerprint density at radius 3 is 2.81 bits per heavy atom. The molecule has 1 aliphatic carbocycles. The molecule has 1 fully saturated rings. The first-order valence-electron chi connectivity index (χ1n) is 7.72. The van der Waals surface area contributed by atoms with E-state index in [0.29, 0.717) is 5.41 Å². The summed E-state index contributed by atoms with van der Waals surface area (Å²) in [6, 6.07) is 8.05. The zero-order valence-corrected chi connectivity index (χ0v) is 14.6. The van der Waals surface area contributed by atoms with E-state index in [2.05, 4.69) is 28.2 Å². The van der Waals surface area contributed by atoms with Crippen LogP contribution in [0.15, 0.2) is 28.7 Å². The third kappa shape index (κ3) is 5.61. The molecule has 0 aliphatic heterocycles. The highest BCUT2D eigenvalue weighted by Gasteiger charge is 2.40. The quantitative estimate of drug-likeness (QED) is 0.646. The fraction of sp³-hybridized carbons (Fsp3) is 0.647. The lowest BCUT2D eigenvalue weighted by Crippen LogP contribution is -2.36. The van der Waals surface area contributed by atoms with Gasteiger partial charge in [0.1, 0.15) is 5.75 Å². The van der Waals surface area contributed by atoms with E-state index in [9.17, 15) is 0 Å². The molecular weight excluding hydrogens is 330 g/mol. The van der Waals surface area contributed by atoms with Crippen molar-refractivity contribution in [3.8, 4) is 5.75 Å². The third-order valence-corrected chi connectivity index (χ3v) is 4.81. The van der Waals surface area contributed by atoms with E-state index in [1.54, 1.807) is 7.11 Å². The molecule has 1 aliphatic rings. The van der Waals surface area contributed by atoms with Crippen LogP contribution in [0.4, 0.5) is 0 Å². The molecule has 0 heterocycles. The fourth-order valence-corrected chi connectivity index (χ4v) is 3.10. The van der Waals surface area contributed by atoms with Crippen molar-refractivity contribution in [1.29, 1.82) is 0 Å². The van der Waals surface area contributed by atoms with Crippen LogP contribution in [0.5, 0.6) is 5.75 Å². The average molecular weight is 356 g/mol. The smallest absolute Gasteiger partial charge is 0.120 e. The second-order valence-electron chi connectivity index (χ2n) is 6.15. The molecule has 1 aromatic carbocycles. The van der Waals surface area contributed by atoms with Crippen molar-refractivity contribution in [1.82, 2.24) is 5.32 Å². The summed E-state index contributed by atoms with van der Waals surface area (Å²) in [7, 11) is 1.74. The van der Waals surface area contributed by atoms with Crippen LogP contribution in [-0.2, 0) is 4.74 Å². The molecule has 0 saturated heterocycles.